The van der Waals surface area contributed by atoms with Crippen LogP contribution in [0.4, 0.5) is 5.69 Å². The van der Waals surface area contributed by atoms with Crippen molar-refractivity contribution < 1.29 is 0 Å². The van der Waals surface area contributed by atoms with E-state index < -0.39 is 0 Å². The molecule has 0 spiro atoms. The van der Waals surface area contributed by atoms with E-state index in [0.717, 1.165) is 11.2 Å². The van der Waals surface area contributed by atoms with Crippen LogP contribution in [0.5, 0.6) is 0 Å². The zero-order valence-corrected chi connectivity index (χ0v) is 10.9. The predicted octanol–water partition coefficient (Wildman–Crippen LogP) is 4.47. The van der Waals surface area contributed by atoms with Crippen molar-refractivity contribution in [2.75, 3.05) is 5.32 Å². The summed E-state index contributed by atoms with van der Waals surface area (Å²) in [4.78, 5) is 4.47. The molecule has 1 N–H and O–H groups in total. The number of rotatable bonds is 3. The molecular weight excluding hydrogens is 240 g/mol. The van der Waals surface area contributed by atoms with Crippen LogP contribution in [0.1, 0.15) is 18.5 Å². The van der Waals surface area contributed by atoms with Crippen molar-refractivity contribution in [3.05, 3.63) is 59.6 Å². The Bertz CT molecular complexity index is 646. The van der Waals surface area contributed by atoms with Crippen molar-refractivity contribution in [3.63, 3.8) is 0 Å². The van der Waals surface area contributed by atoms with Crippen molar-refractivity contribution in [1.29, 1.82) is 0 Å². The highest BCUT2D eigenvalue weighted by atomic mass is 32.1. The molecule has 0 saturated carbocycles. The molecule has 3 rings (SSSR count). The molecule has 0 aliphatic rings. The molecule has 0 fully saturated rings. The smallest absolute Gasteiger partial charge is 0.0809 e. The van der Waals surface area contributed by atoms with Crippen LogP contribution < -0.4 is 5.32 Å². The maximum absolute atomic E-state index is 4.47. The second kappa shape index (κ2) is 4.78. The first kappa shape index (κ1) is 11.2. The molecule has 0 radical (unpaired) electrons. The molecule has 1 aromatic carbocycles. The van der Waals surface area contributed by atoms with Gasteiger partial charge in [0.2, 0.25) is 0 Å². The van der Waals surface area contributed by atoms with Gasteiger partial charge in [-0.15, -0.1) is 11.3 Å². The van der Waals surface area contributed by atoms with Gasteiger partial charge >= 0.3 is 0 Å². The minimum Gasteiger partial charge on any atom is -0.378 e. The first-order chi connectivity index (χ1) is 8.83. The summed E-state index contributed by atoms with van der Waals surface area (Å²) in [5, 5.41) is 5.56. The molecule has 0 bridgehead atoms. The molecule has 0 amide bonds. The minimum atomic E-state index is 0.256. The van der Waals surface area contributed by atoms with Crippen molar-refractivity contribution in [2.24, 2.45) is 0 Å². The van der Waals surface area contributed by atoms with Crippen molar-refractivity contribution in [3.8, 4) is 0 Å². The largest absolute Gasteiger partial charge is 0.378 e. The molecule has 18 heavy (non-hydrogen) atoms. The topological polar surface area (TPSA) is 24.9 Å². The number of para-hydroxylation sites is 1. The fourth-order valence-electron chi connectivity index (χ4n) is 1.97. The first-order valence-corrected chi connectivity index (χ1v) is 6.85. The highest BCUT2D eigenvalue weighted by Gasteiger charge is 2.07. The third-order valence-corrected chi connectivity index (χ3v) is 3.83. The molecule has 2 aromatic heterocycles. The van der Waals surface area contributed by atoms with Gasteiger partial charge in [0.1, 0.15) is 0 Å². The van der Waals surface area contributed by atoms with E-state index in [9.17, 15) is 0 Å². The molecule has 0 aliphatic carbocycles. The molecular formula is C15H14N2S. The number of thiophene rings is 1. The Kier molecular flexibility index (Phi) is 2.99. The number of nitrogens with zero attached hydrogens (tertiary/aromatic N) is 1. The van der Waals surface area contributed by atoms with Crippen molar-refractivity contribution in [1.82, 2.24) is 4.98 Å². The molecule has 0 saturated heterocycles. The number of nitrogens with one attached hydrogen (secondary N) is 1. The number of aromatic nitrogens is 1. The van der Waals surface area contributed by atoms with Crippen LogP contribution in [0.25, 0.3) is 10.2 Å². The fraction of sp³-hybridized carbons (Fsp3) is 0.133. The van der Waals surface area contributed by atoms with E-state index in [2.05, 4.69) is 46.9 Å². The van der Waals surface area contributed by atoms with Gasteiger partial charge < -0.3 is 5.32 Å². The Balaban J connectivity index is 1.85. The van der Waals surface area contributed by atoms with Crippen molar-refractivity contribution in [2.45, 2.75) is 13.0 Å². The maximum Gasteiger partial charge on any atom is 0.0809 e. The van der Waals surface area contributed by atoms with Crippen LogP contribution in [0.15, 0.2) is 54.0 Å². The number of anilines is 1. The molecule has 3 aromatic rings. The standard InChI is InChI=1S/C15H14N2S/c1-11(17-13-5-3-2-4-6-13)12-9-15-14(16-10-12)7-8-18-15/h2-11,17H,1H3. The second-order valence-electron chi connectivity index (χ2n) is 4.30. The number of hydrogen-bond donors (Lipinski definition) is 1. The minimum absolute atomic E-state index is 0.256. The molecule has 1 atom stereocenters. The van der Waals surface area contributed by atoms with E-state index in [0.29, 0.717) is 0 Å². The summed E-state index contributed by atoms with van der Waals surface area (Å²) >= 11 is 1.73. The lowest BCUT2D eigenvalue weighted by atomic mass is 10.1. The molecule has 2 nitrogen and oxygen atoms in total. The van der Waals surface area contributed by atoms with Crippen LogP contribution in [-0.4, -0.2) is 4.98 Å². The van der Waals surface area contributed by atoms with Gasteiger partial charge in [0.25, 0.3) is 0 Å². The summed E-state index contributed by atoms with van der Waals surface area (Å²) in [5.74, 6) is 0. The Morgan fingerprint density at radius 1 is 1.17 bits per heavy atom. The van der Waals surface area contributed by atoms with Gasteiger partial charge in [-0.1, -0.05) is 18.2 Å². The lowest BCUT2D eigenvalue weighted by Crippen LogP contribution is -2.06. The molecule has 3 heteroatoms. The highest BCUT2D eigenvalue weighted by molar-refractivity contribution is 7.17. The van der Waals surface area contributed by atoms with Crippen LogP contribution >= 0.6 is 11.3 Å². The van der Waals surface area contributed by atoms with E-state index in [1.54, 1.807) is 11.3 Å². The van der Waals surface area contributed by atoms with Crippen LogP contribution in [-0.2, 0) is 0 Å². The average molecular weight is 254 g/mol. The van der Waals surface area contributed by atoms with Gasteiger partial charge in [-0.05, 0) is 42.1 Å². The summed E-state index contributed by atoms with van der Waals surface area (Å²) < 4.78 is 1.24. The summed E-state index contributed by atoms with van der Waals surface area (Å²) in [6, 6.07) is 14.8. The third-order valence-electron chi connectivity index (χ3n) is 2.98. The van der Waals surface area contributed by atoms with E-state index in [4.69, 9.17) is 0 Å². The molecule has 0 aliphatic heterocycles. The number of hydrogen-bond acceptors (Lipinski definition) is 3. The summed E-state index contributed by atoms with van der Waals surface area (Å²) in [5.41, 5.74) is 3.43. The Morgan fingerprint density at radius 2 is 2.00 bits per heavy atom. The van der Waals surface area contributed by atoms with Gasteiger partial charge in [-0.25, -0.2) is 0 Å². The molecule has 90 valence electrons. The second-order valence-corrected chi connectivity index (χ2v) is 5.25. The van der Waals surface area contributed by atoms with Gasteiger partial charge in [-0.2, -0.15) is 0 Å². The lowest BCUT2D eigenvalue weighted by molar-refractivity contribution is 0.880. The van der Waals surface area contributed by atoms with Crippen LogP contribution in [0.3, 0.4) is 0 Å². The van der Waals surface area contributed by atoms with Crippen molar-refractivity contribution >= 4 is 27.2 Å². The zero-order valence-electron chi connectivity index (χ0n) is 10.1. The van der Waals surface area contributed by atoms with E-state index in [1.165, 1.54) is 10.3 Å². The monoisotopic (exact) mass is 254 g/mol. The lowest BCUT2D eigenvalue weighted by Gasteiger charge is -2.15. The van der Waals surface area contributed by atoms with Gasteiger partial charge in [0, 0.05) is 11.9 Å². The number of pyridine rings is 1. The van der Waals surface area contributed by atoms with E-state index >= 15 is 0 Å². The zero-order chi connectivity index (χ0) is 12.4. The predicted molar refractivity (Wildman–Crippen MR) is 78.1 cm³/mol. The van der Waals surface area contributed by atoms with Gasteiger partial charge in [0.15, 0.2) is 0 Å². The fourth-order valence-corrected chi connectivity index (χ4v) is 2.76. The van der Waals surface area contributed by atoms with Crippen LogP contribution in [0, 0.1) is 0 Å². The van der Waals surface area contributed by atoms with Crippen LogP contribution in [0.2, 0.25) is 0 Å². The summed E-state index contributed by atoms with van der Waals surface area (Å²) in [6.07, 6.45) is 1.95. The normalized spacial score (nSPS) is 12.5. The highest BCUT2D eigenvalue weighted by Crippen LogP contribution is 2.24. The Hall–Kier alpha value is -1.87. The quantitative estimate of drug-likeness (QED) is 0.746. The average Bonchev–Trinajstić information content (AvgIpc) is 2.87. The number of fused-ring (bicyclic) bond motifs is 1. The maximum atomic E-state index is 4.47. The van der Waals surface area contributed by atoms with E-state index in [-0.39, 0.29) is 6.04 Å². The molecule has 1 unspecified atom stereocenters. The van der Waals surface area contributed by atoms with E-state index in [1.807, 2.05) is 24.4 Å². The number of benzene rings is 1. The Labute approximate surface area is 110 Å². The third kappa shape index (κ3) is 2.22. The molecule has 2 heterocycles. The summed E-state index contributed by atoms with van der Waals surface area (Å²) in [7, 11) is 0. The summed E-state index contributed by atoms with van der Waals surface area (Å²) in [6.45, 7) is 2.16. The van der Waals surface area contributed by atoms with Gasteiger partial charge in [0.05, 0.1) is 16.3 Å². The first-order valence-electron chi connectivity index (χ1n) is 5.98. The SMILES string of the molecule is CC(Nc1ccccc1)c1cnc2ccsc2c1. The Morgan fingerprint density at radius 3 is 2.83 bits per heavy atom. The van der Waals surface area contributed by atoms with Gasteiger partial charge in [-0.3, -0.25) is 4.98 Å².